The lowest BCUT2D eigenvalue weighted by molar-refractivity contribution is 0.0145. The highest BCUT2D eigenvalue weighted by Crippen LogP contribution is 2.42. The Balaban J connectivity index is 1.31. The van der Waals surface area contributed by atoms with Gasteiger partial charge >= 0.3 is 12.1 Å². The Kier molecular flexibility index (Phi) is 8.89. The molecule has 50 heavy (non-hydrogen) atoms. The van der Waals surface area contributed by atoms with Gasteiger partial charge in [0.25, 0.3) is 0 Å². The Morgan fingerprint density at radius 3 is 2.74 bits per heavy atom. The molecular formula is C36H37ClF3N7O3. The van der Waals surface area contributed by atoms with Gasteiger partial charge in [-0.1, -0.05) is 35.9 Å². The van der Waals surface area contributed by atoms with E-state index in [1.54, 1.807) is 45.0 Å². The number of carbonyl (C=O) groups is 1. The van der Waals surface area contributed by atoms with Crippen LogP contribution in [0.1, 0.15) is 46.5 Å². The van der Waals surface area contributed by atoms with Crippen molar-refractivity contribution in [3.63, 3.8) is 0 Å². The van der Waals surface area contributed by atoms with Gasteiger partial charge in [0, 0.05) is 49.7 Å². The molecule has 0 aliphatic carbocycles. The van der Waals surface area contributed by atoms with Crippen molar-refractivity contribution in [3.8, 4) is 23.3 Å². The number of piperazine rings is 1. The molecule has 0 spiro atoms. The number of aromatic nitrogens is 3. The number of alkyl halides is 1. The summed E-state index contributed by atoms with van der Waals surface area (Å²) in [7, 11) is 0. The van der Waals surface area contributed by atoms with Crippen LogP contribution in [0.4, 0.5) is 23.8 Å². The van der Waals surface area contributed by atoms with Crippen LogP contribution in [0.25, 0.3) is 32.9 Å². The molecule has 3 aliphatic heterocycles. The highest BCUT2D eigenvalue weighted by molar-refractivity contribution is 6.36. The first-order valence-corrected chi connectivity index (χ1v) is 17.1. The Morgan fingerprint density at radius 2 is 1.96 bits per heavy atom. The second kappa shape index (κ2) is 13.0. The third-order valence-electron chi connectivity index (χ3n) is 9.80. The highest BCUT2D eigenvalue weighted by Gasteiger charge is 2.49. The minimum absolute atomic E-state index is 0.0278. The van der Waals surface area contributed by atoms with Gasteiger partial charge in [-0.25, -0.2) is 18.0 Å². The van der Waals surface area contributed by atoms with Gasteiger partial charge in [0.05, 0.1) is 34.5 Å². The standard InChI is InChI=1S/C36H37ClF3N7O3/c1-35(2,3)50-34(48)47-15-14-45(19-23(47)10-12-41)32-25-17-42-30(24-7-4-6-21-8-9-26(39)28(37)27(21)24)29(40)31(25)43-33(44-32)49-20-36-11-5-13-46(36)18-22(38)16-36/h4,6-9,17,22-23H,5,10-11,13-16,18-20H2,1-3H3/t22-,23+,36+/m1/s1. The maximum absolute atomic E-state index is 16.8. The molecule has 2 aromatic carbocycles. The molecule has 4 aromatic rings. The van der Waals surface area contributed by atoms with Gasteiger partial charge in [0.15, 0.2) is 5.82 Å². The quantitative estimate of drug-likeness (QED) is 0.208. The molecule has 3 aliphatic rings. The molecular weight excluding hydrogens is 671 g/mol. The van der Waals surface area contributed by atoms with E-state index >= 15 is 4.39 Å². The summed E-state index contributed by atoms with van der Waals surface area (Å²) in [6.07, 6.45) is 2.00. The first-order chi connectivity index (χ1) is 23.9. The van der Waals surface area contributed by atoms with Crippen LogP contribution in [0.2, 0.25) is 5.02 Å². The van der Waals surface area contributed by atoms with E-state index in [1.165, 1.54) is 17.2 Å². The van der Waals surface area contributed by atoms with E-state index in [2.05, 4.69) is 20.9 Å². The number of hydrogen-bond donors (Lipinski definition) is 0. The van der Waals surface area contributed by atoms with Crippen LogP contribution in [0.15, 0.2) is 36.5 Å². The number of anilines is 1. The Labute approximate surface area is 292 Å². The van der Waals surface area contributed by atoms with Crippen molar-refractivity contribution in [2.45, 2.75) is 69.8 Å². The lowest BCUT2D eigenvalue weighted by Crippen LogP contribution is -2.56. The third-order valence-corrected chi connectivity index (χ3v) is 10.2. The molecule has 3 saturated heterocycles. The van der Waals surface area contributed by atoms with E-state index < -0.39 is 41.1 Å². The van der Waals surface area contributed by atoms with Crippen LogP contribution < -0.4 is 9.64 Å². The first-order valence-electron chi connectivity index (χ1n) is 16.7. The van der Waals surface area contributed by atoms with E-state index in [0.717, 1.165) is 19.4 Å². The number of hydrogen-bond acceptors (Lipinski definition) is 9. The van der Waals surface area contributed by atoms with Gasteiger partial charge in [0.2, 0.25) is 0 Å². The summed E-state index contributed by atoms with van der Waals surface area (Å²) in [5, 5.41) is 10.7. The van der Waals surface area contributed by atoms with Crippen molar-refractivity contribution in [2.75, 3.05) is 44.2 Å². The van der Waals surface area contributed by atoms with E-state index in [1.807, 2.05) is 4.90 Å². The summed E-state index contributed by atoms with van der Waals surface area (Å²) >= 11 is 6.40. The minimum Gasteiger partial charge on any atom is -0.461 e. The molecule has 14 heteroatoms. The maximum Gasteiger partial charge on any atom is 0.410 e. The smallest absolute Gasteiger partial charge is 0.410 e. The minimum atomic E-state index is -0.964. The summed E-state index contributed by atoms with van der Waals surface area (Å²) in [5.41, 5.74) is -1.10. The lowest BCUT2D eigenvalue weighted by Gasteiger charge is -2.41. The van der Waals surface area contributed by atoms with Gasteiger partial charge in [-0.15, -0.1) is 0 Å². The van der Waals surface area contributed by atoms with Crippen LogP contribution >= 0.6 is 11.6 Å². The van der Waals surface area contributed by atoms with Crippen LogP contribution in [-0.2, 0) is 4.74 Å². The number of nitriles is 1. The van der Waals surface area contributed by atoms with Crippen molar-refractivity contribution in [1.82, 2.24) is 24.8 Å². The average molecular weight is 708 g/mol. The zero-order valence-electron chi connectivity index (χ0n) is 28.1. The number of ether oxygens (including phenoxy) is 2. The maximum atomic E-state index is 16.8. The van der Waals surface area contributed by atoms with Crippen LogP contribution in [0.3, 0.4) is 0 Å². The van der Waals surface area contributed by atoms with E-state index in [-0.39, 0.29) is 65.9 Å². The van der Waals surface area contributed by atoms with E-state index in [9.17, 15) is 18.8 Å². The number of halogens is 4. The summed E-state index contributed by atoms with van der Waals surface area (Å²) < 4.78 is 57.8. The molecule has 262 valence electrons. The van der Waals surface area contributed by atoms with Crippen molar-refractivity contribution in [2.24, 2.45) is 0 Å². The van der Waals surface area contributed by atoms with Crippen molar-refractivity contribution in [1.29, 1.82) is 5.26 Å². The summed E-state index contributed by atoms with van der Waals surface area (Å²) in [6, 6.07) is 9.42. The van der Waals surface area contributed by atoms with Gasteiger partial charge < -0.3 is 19.3 Å². The number of nitrogens with zero attached hydrogens (tertiary/aromatic N) is 7. The predicted molar refractivity (Wildman–Crippen MR) is 183 cm³/mol. The second-order valence-electron chi connectivity index (χ2n) is 14.3. The van der Waals surface area contributed by atoms with Crippen LogP contribution in [0, 0.1) is 23.0 Å². The van der Waals surface area contributed by atoms with E-state index in [4.69, 9.17) is 26.1 Å². The topological polar surface area (TPSA) is 108 Å². The number of pyridine rings is 1. The normalized spacial score (nSPS) is 22.6. The Bertz CT molecular complexity index is 2020. The summed E-state index contributed by atoms with van der Waals surface area (Å²) in [6.45, 7) is 7.26. The summed E-state index contributed by atoms with van der Waals surface area (Å²) in [4.78, 5) is 32.4. The number of rotatable bonds is 6. The predicted octanol–water partition coefficient (Wildman–Crippen LogP) is 7.07. The van der Waals surface area contributed by atoms with Gasteiger partial charge in [-0.3, -0.25) is 9.88 Å². The molecule has 7 rings (SSSR count). The molecule has 0 N–H and O–H groups in total. The van der Waals surface area contributed by atoms with Crippen LogP contribution in [-0.4, -0.2) is 93.5 Å². The summed E-state index contributed by atoms with van der Waals surface area (Å²) in [5.74, 6) is -1.12. The third kappa shape index (κ3) is 6.24. The zero-order valence-corrected chi connectivity index (χ0v) is 28.8. The molecule has 3 atom stereocenters. The average Bonchev–Trinajstić information content (AvgIpc) is 3.60. The molecule has 5 heterocycles. The van der Waals surface area contributed by atoms with Crippen molar-refractivity contribution >= 4 is 45.2 Å². The molecule has 10 nitrogen and oxygen atoms in total. The SMILES string of the molecule is CC(C)(C)OC(=O)N1CCN(c2nc(OC[C@@]34CCCN3C[C@H](F)C4)nc3c(F)c(-c4cccc5ccc(F)c(Cl)c45)ncc23)C[C@@H]1CC#N. The Hall–Kier alpha value is -4.41. The number of benzene rings is 2. The molecule has 0 radical (unpaired) electrons. The van der Waals surface area contributed by atoms with Crippen molar-refractivity contribution in [3.05, 3.63) is 53.2 Å². The molecule has 1 amide bonds. The number of fused-ring (bicyclic) bond motifs is 3. The molecule has 0 bridgehead atoms. The Morgan fingerprint density at radius 1 is 1.14 bits per heavy atom. The number of amides is 1. The molecule has 3 fully saturated rings. The monoisotopic (exact) mass is 707 g/mol. The second-order valence-corrected chi connectivity index (χ2v) is 14.7. The van der Waals surface area contributed by atoms with Gasteiger partial charge in [0.1, 0.15) is 41.2 Å². The zero-order chi connectivity index (χ0) is 35.4. The molecule has 0 saturated carbocycles. The number of carbonyl (C=O) groups excluding carboxylic acids is 1. The van der Waals surface area contributed by atoms with Gasteiger partial charge in [-0.2, -0.15) is 15.2 Å². The van der Waals surface area contributed by atoms with Crippen LogP contribution in [0.5, 0.6) is 6.01 Å². The molecule has 2 aromatic heterocycles. The first kappa shape index (κ1) is 34.1. The highest BCUT2D eigenvalue weighted by atomic mass is 35.5. The van der Waals surface area contributed by atoms with Crippen molar-refractivity contribution < 1.29 is 27.4 Å². The van der Waals surface area contributed by atoms with E-state index in [0.29, 0.717) is 29.6 Å². The fraction of sp³-hybridized carbons (Fsp3) is 0.472. The largest absolute Gasteiger partial charge is 0.461 e. The van der Waals surface area contributed by atoms with Gasteiger partial charge in [-0.05, 0) is 51.6 Å². The fourth-order valence-corrected chi connectivity index (χ4v) is 7.83. The lowest BCUT2D eigenvalue weighted by atomic mass is 9.95. The fourth-order valence-electron chi connectivity index (χ4n) is 7.56. The molecule has 0 unspecified atom stereocenters.